The fourth-order valence-electron chi connectivity index (χ4n) is 8.18. The number of nitrogens with zero attached hydrogens (tertiary/aromatic N) is 4. The van der Waals surface area contributed by atoms with E-state index < -0.39 is 71.3 Å². The van der Waals surface area contributed by atoms with Gasteiger partial charge in [0.1, 0.15) is 22.5 Å². The van der Waals surface area contributed by atoms with Crippen LogP contribution >= 0.6 is 11.3 Å². The van der Waals surface area contributed by atoms with Gasteiger partial charge in [-0.2, -0.15) is 0 Å². The Kier molecular flexibility index (Phi) is 19.0. The van der Waals surface area contributed by atoms with Crippen LogP contribution in [0.5, 0.6) is 5.75 Å². The van der Waals surface area contributed by atoms with E-state index in [2.05, 4.69) is 25.8 Å². The quantitative estimate of drug-likeness (QED) is 0.0539. The second-order valence-electron chi connectivity index (χ2n) is 18.3. The van der Waals surface area contributed by atoms with Crippen LogP contribution in [0.25, 0.3) is 0 Å². The average molecular weight is 938 g/mol. The first-order valence-corrected chi connectivity index (χ1v) is 23.6. The third kappa shape index (κ3) is 14.2. The van der Waals surface area contributed by atoms with Crippen molar-refractivity contribution >= 4 is 64.4 Å². The number of phenolic OH excluding ortho intramolecular Hbond substituents is 1. The van der Waals surface area contributed by atoms with Crippen molar-refractivity contribution in [3.63, 3.8) is 0 Å². The number of carbonyl (C=O) groups is 8. The zero-order chi connectivity index (χ0) is 49.0. The van der Waals surface area contributed by atoms with Crippen LogP contribution in [0.1, 0.15) is 127 Å². The number of carboxylic acid groups (broad SMARTS) is 1. The molecule has 1 aromatic carbocycles. The van der Waals surface area contributed by atoms with Crippen molar-refractivity contribution in [1.82, 2.24) is 30.3 Å². The Bertz CT molecular complexity index is 2110. The molecular weight excluding hydrogens is 871 g/mol. The van der Waals surface area contributed by atoms with Crippen molar-refractivity contribution in [3.8, 4) is 5.75 Å². The molecule has 19 heteroatoms. The van der Waals surface area contributed by atoms with E-state index in [0.717, 1.165) is 54.3 Å². The second kappa shape index (κ2) is 23.7. The highest BCUT2D eigenvalue weighted by Crippen LogP contribution is 2.32. The number of hydrogen-bond donors (Lipinski definition) is 5. The number of likely N-dealkylation sites (N-methyl/N-ethyl adjacent to an activating group) is 1. The Labute approximate surface area is 390 Å². The fraction of sp³-hybridized carbons (Fsp3) is 0.596. The third-order valence-corrected chi connectivity index (χ3v) is 13.5. The molecule has 2 aliphatic heterocycles. The molecule has 6 amide bonds. The SMILES string of the molecule is CC[C@H](C)[C@H](NC(=O)C(C)(C)N1CCCC1)C(=O)N(C)[C@H](C[C@@H](OC(C)=O)c1nc(C(=O)N[C@@H](Cc2ccc(O)c(NC(=O)CCCN3C(=O)C=CC3=O)c2)CC(C)C(=O)O)cs1)C(C)C. The van der Waals surface area contributed by atoms with E-state index in [9.17, 15) is 48.6 Å². The summed E-state index contributed by atoms with van der Waals surface area (Å²) in [6.45, 7) is 16.0. The zero-order valence-electron chi connectivity index (χ0n) is 39.5. The van der Waals surface area contributed by atoms with E-state index >= 15 is 0 Å². The molecule has 1 saturated heterocycles. The van der Waals surface area contributed by atoms with Gasteiger partial charge in [-0.15, -0.1) is 11.3 Å². The molecule has 1 aromatic heterocycles. The van der Waals surface area contributed by atoms with Crippen LogP contribution in [-0.4, -0.2) is 128 Å². The van der Waals surface area contributed by atoms with Gasteiger partial charge in [-0.1, -0.05) is 47.1 Å². The molecule has 6 atom stereocenters. The molecule has 18 nitrogen and oxygen atoms in total. The van der Waals surface area contributed by atoms with Crippen molar-refractivity contribution in [3.05, 3.63) is 52.0 Å². The van der Waals surface area contributed by atoms with Crippen LogP contribution in [0, 0.1) is 17.8 Å². The number of thiazole rings is 1. The molecule has 1 unspecified atom stereocenters. The summed E-state index contributed by atoms with van der Waals surface area (Å²) in [5.41, 5.74) is -0.169. The molecule has 5 N–H and O–H groups in total. The van der Waals surface area contributed by atoms with Crippen LogP contribution in [0.2, 0.25) is 0 Å². The standard InChI is InChI=1S/C47H67N7O11S/c1-10-28(4)41(51-46(64)47(7,8)53-19-11-12-20-53)44(61)52(9)35(27(2)3)25-37(65-30(6)55)43-50-34(26-66-43)42(60)48-32(22-29(5)45(62)63)23-31-15-16-36(56)33(24-31)49-38(57)14-13-21-54-39(58)17-18-40(54)59/h15-18,24,26-29,32,35,37,41,56H,10-14,19-23,25H2,1-9H3,(H,48,60)(H,49,57)(H,51,64)(H,62,63)/t28-,29?,32+,35+,37+,41-/m0/s1. The minimum atomic E-state index is -1.08. The van der Waals surface area contributed by atoms with Gasteiger partial charge < -0.3 is 35.8 Å². The van der Waals surface area contributed by atoms with Gasteiger partial charge >= 0.3 is 11.9 Å². The van der Waals surface area contributed by atoms with Gasteiger partial charge in [-0.25, -0.2) is 4.98 Å². The van der Waals surface area contributed by atoms with Crippen molar-refractivity contribution < 1.29 is 53.3 Å². The number of amides is 6. The maximum Gasteiger partial charge on any atom is 0.306 e. The summed E-state index contributed by atoms with van der Waals surface area (Å²) >= 11 is 1.10. The first-order valence-electron chi connectivity index (χ1n) is 22.7. The molecule has 0 bridgehead atoms. The number of aromatic hydroxyl groups is 1. The minimum Gasteiger partial charge on any atom is -0.506 e. The summed E-state index contributed by atoms with van der Waals surface area (Å²) < 4.78 is 5.79. The molecule has 362 valence electrons. The number of imide groups is 1. The number of anilines is 1. The van der Waals surface area contributed by atoms with Gasteiger partial charge in [0, 0.05) is 63.0 Å². The lowest BCUT2D eigenvalue weighted by atomic mass is 9.92. The van der Waals surface area contributed by atoms with E-state index in [1.165, 1.54) is 31.4 Å². The molecule has 2 aromatic rings. The molecule has 0 spiro atoms. The number of rotatable bonds is 24. The molecule has 0 radical (unpaired) electrons. The predicted molar refractivity (Wildman–Crippen MR) is 247 cm³/mol. The van der Waals surface area contributed by atoms with Gasteiger partial charge in [-0.3, -0.25) is 48.2 Å². The molecule has 66 heavy (non-hydrogen) atoms. The average Bonchev–Trinajstić information content (AvgIpc) is 4.05. The Hall–Kier alpha value is -5.69. The lowest BCUT2D eigenvalue weighted by Crippen LogP contribution is -2.60. The van der Waals surface area contributed by atoms with Crippen molar-refractivity contribution in [2.45, 2.75) is 137 Å². The number of esters is 1. The van der Waals surface area contributed by atoms with E-state index in [1.54, 1.807) is 18.0 Å². The van der Waals surface area contributed by atoms with Crippen LogP contribution in [-0.2, 0) is 44.7 Å². The number of carboxylic acids is 1. The van der Waals surface area contributed by atoms with Crippen molar-refractivity contribution in [2.24, 2.45) is 17.8 Å². The number of hydrogen-bond acceptors (Lipinski definition) is 13. The lowest BCUT2D eigenvalue weighted by molar-refractivity contribution is -0.149. The van der Waals surface area contributed by atoms with Gasteiger partial charge in [-0.05, 0) is 88.6 Å². The largest absolute Gasteiger partial charge is 0.506 e. The second-order valence-corrected chi connectivity index (χ2v) is 19.2. The van der Waals surface area contributed by atoms with Crippen LogP contribution in [0.15, 0.2) is 35.7 Å². The summed E-state index contributed by atoms with van der Waals surface area (Å²) in [5, 5.41) is 30.7. The maximum absolute atomic E-state index is 14.4. The molecule has 0 aliphatic carbocycles. The summed E-state index contributed by atoms with van der Waals surface area (Å²) in [5.74, 6) is -5.57. The van der Waals surface area contributed by atoms with Gasteiger partial charge in [0.2, 0.25) is 17.7 Å². The number of carbonyl (C=O) groups excluding carboxylic acids is 7. The van der Waals surface area contributed by atoms with Crippen molar-refractivity contribution in [2.75, 3.05) is 32.0 Å². The Morgan fingerprint density at radius 3 is 2.23 bits per heavy atom. The number of aliphatic carboxylic acids is 1. The van der Waals surface area contributed by atoms with E-state index in [1.807, 2.05) is 41.5 Å². The fourth-order valence-corrected chi connectivity index (χ4v) is 9.02. The number of benzene rings is 1. The monoisotopic (exact) mass is 937 g/mol. The first-order chi connectivity index (χ1) is 31.0. The zero-order valence-corrected chi connectivity index (χ0v) is 40.4. The van der Waals surface area contributed by atoms with Crippen LogP contribution < -0.4 is 16.0 Å². The number of nitrogens with one attached hydrogen (secondary N) is 3. The number of likely N-dealkylation sites (tertiary alicyclic amines) is 1. The summed E-state index contributed by atoms with van der Waals surface area (Å²) in [6.07, 6.45) is 4.44. The highest BCUT2D eigenvalue weighted by molar-refractivity contribution is 7.09. The highest BCUT2D eigenvalue weighted by atomic mass is 32.1. The smallest absolute Gasteiger partial charge is 0.306 e. The predicted octanol–water partition coefficient (Wildman–Crippen LogP) is 4.83. The van der Waals surface area contributed by atoms with E-state index in [0.29, 0.717) is 17.0 Å². The van der Waals surface area contributed by atoms with Gasteiger partial charge in [0.25, 0.3) is 17.7 Å². The Morgan fingerprint density at radius 1 is 0.985 bits per heavy atom. The van der Waals surface area contributed by atoms with Crippen molar-refractivity contribution in [1.29, 1.82) is 0 Å². The normalized spacial score (nSPS) is 16.9. The molecule has 0 saturated carbocycles. The maximum atomic E-state index is 14.4. The van der Waals surface area contributed by atoms with Crippen LogP contribution in [0.4, 0.5) is 5.69 Å². The number of phenols is 1. The van der Waals surface area contributed by atoms with Crippen LogP contribution in [0.3, 0.4) is 0 Å². The molecule has 2 aliphatic rings. The minimum absolute atomic E-state index is 0.00223. The van der Waals surface area contributed by atoms with Gasteiger partial charge in [0.05, 0.1) is 17.1 Å². The first kappa shape index (κ1) is 52.9. The van der Waals surface area contributed by atoms with E-state index in [-0.39, 0.29) is 79.4 Å². The molecule has 1 fully saturated rings. The van der Waals surface area contributed by atoms with E-state index in [4.69, 9.17) is 4.74 Å². The summed E-state index contributed by atoms with van der Waals surface area (Å²) in [4.78, 5) is 112. The Morgan fingerprint density at radius 2 is 1.64 bits per heavy atom. The molecule has 3 heterocycles. The number of ether oxygens (including phenoxy) is 1. The summed E-state index contributed by atoms with van der Waals surface area (Å²) in [7, 11) is 1.68. The Balaban J connectivity index is 1.49. The van der Waals surface area contributed by atoms with Gasteiger partial charge in [0.15, 0.2) is 6.10 Å². The highest BCUT2D eigenvalue weighted by Gasteiger charge is 2.41. The number of aromatic nitrogens is 1. The third-order valence-electron chi connectivity index (χ3n) is 12.5. The topological polar surface area (TPSA) is 245 Å². The lowest BCUT2D eigenvalue weighted by Gasteiger charge is -2.39. The molecular formula is C47H67N7O11S. The summed E-state index contributed by atoms with van der Waals surface area (Å²) in [6, 6.07) is 2.42. The molecule has 4 rings (SSSR count).